The number of aliphatic hydroxyl groups is 1. The van der Waals surface area contributed by atoms with E-state index in [1.807, 2.05) is 0 Å². The summed E-state index contributed by atoms with van der Waals surface area (Å²) >= 11 is 0. The maximum absolute atomic E-state index is 13.5. The number of Topliss-reactive ketones (excluding diaryl/α,β-unsaturated/α-hetero) is 1. The first-order valence-corrected chi connectivity index (χ1v) is 6.60. The van der Waals surface area contributed by atoms with Crippen molar-refractivity contribution in [2.75, 3.05) is 0 Å². The molecule has 2 aromatic carbocycles. The first kappa shape index (κ1) is 14.1. The summed E-state index contributed by atoms with van der Waals surface area (Å²) < 4.78 is 13.5. The molecule has 1 N–H and O–H groups in total. The van der Waals surface area contributed by atoms with Crippen molar-refractivity contribution < 1.29 is 14.3 Å². The molecule has 1 aromatic heterocycles. The van der Waals surface area contributed by atoms with Crippen molar-refractivity contribution in [1.29, 1.82) is 0 Å². The first-order valence-electron chi connectivity index (χ1n) is 6.60. The lowest BCUT2D eigenvalue weighted by molar-refractivity contribution is 0.0747. The Balaban J connectivity index is 2.03. The van der Waals surface area contributed by atoms with Gasteiger partial charge in [-0.2, -0.15) is 15.0 Å². The lowest BCUT2D eigenvalue weighted by Gasteiger charge is -2.13. The van der Waals surface area contributed by atoms with Gasteiger partial charge in [0.25, 0.3) is 0 Å². The minimum Gasteiger partial charge on any atom is -0.380 e. The average Bonchev–Trinajstić information content (AvgIpc) is 3.08. The maximum atomic E-state index is 13.5. The molecule has 0 saturated carbocycles. The van der Waals surface area contributed by atoms with Crippen molar-refractivity contribution in [2.45, 2.75) is 6.10 Å². The summed E-state index contributed by atoms with van der Waals surface area (Å²) in [7, 11) is 0. The molecular weight excluding hydrogens is 285 g/mol. The van der Waals surface area contributed by atoms with Crippen molar-refractivity contribution in [3.05, 3.63) is 77.9 Å². The Morgan fingerprint density at radius 1 is 1.09 bits per heavy atom. The minimum absolute atomic E-state index is 0.147. The second kappa shape index (κ2) is 5.87. The van der Waals surface area contributed by atoms with Crippen molar-refractivity contribution >= 4 is 5.78 Å². The second-order valence-corrected chi connectivity index (χ2v) is 4.66. The molecule has 0 radical (unpaired) electrons. The van der Waals surface area contributed by atoms with E-state index in [4.69, 9.17) is 0 Å². The summed E-state index contributed by atoms with van der Waals surface area (Å²) in [6.45, 7) is 0. The number of ketones is 1. The Labute approximate surface area is 125 Å². The second-order valence-electron chi connectivity index (χ2n) is 4.66. The Hall–Kier alpha value is -2.86. The third-order valence-electron chi connectivity index (χ3n) is 3.22. The number of nitrogens with zero attached hydrogens (tertiary/aromatic N) is 3. The number of carbonyl (C=O) groups is 1. The lowest BCUT2D eigenvalue weighted by atomic mass is 9.99. The van der Waals surface area contributed by atoms with E-state index in [1.165, 1.54) is 18.5 Å². The molecule has 3 rings (SSSR count). The smallest absolute Gasteiger partial charge is 0.198 e. The number of aliphatic hydroxyl groups excluding tert-OH is 1. The van der Waals surface area contributed by atoms with Crippen LogP contribution in [0, 0.1) is 5.82 Å². The first-order chi connectivity index (χ1) is 10.7. The van der Waals surface area contributed by atoms with Gasteiger partial charge in [0, 0.05) is 11.6 Å². The van der Waals surface area contributed by atoms with Crippen molar-refractivity contribution in [1.82, 2.24) is 15.0 Å². The van der Waals surface area contributed by atoms with Crippen LogP contribution in [-0.4, -0.2) is 25.9 Å². The molecule has 1 unspecified atom stereocenters. The zero-order chi connectivity index (χ0) is 15.5. The van der Waals surface area contributed by atoms with E-state index in [9.17, 15) is 14.3 Å². The molecule has 0 spiro atoms. The van der Waals surface area contributed by atoms with E-state index in [1.54, 1.807) is 30.3 Å². The highest BCUT2D eigenvalue weighted by Gasteiger charge is 2.23. The van der Waals surface area contributed by atoms with Gasteiger partial charge >= 0.3 is 0 Å². The van der Waals surface area contributed by atoms with Crippen LogP contribution >= 0.6 is 0 Å². The molecule has 110 valence electrons. The topological polar surface area (TPSA) is 68.0 Å². The Morgan fingerprint density at radius 3 is 2.45 bits per heavy atom. The van der Waals surface area contributed by atoms with Crippen LogP contribution in [0.5, 0.6) is 0 Å². The lowest BCUT2D eigenvalue weighted by Crippen LogP contribution is -2.16. The van der Waals surface area contributed by atoms with Crippen LogP contribution in [0.1, 0.15) is 22.0 Å². The summed E-state index contributed by atoms with van der Waals surface area (Å²) in [5, 5.41) is 18.1. The summed E-state index contributed by atoms with van der Waals surface area (Å²) in [4.78, 5) is 13.7. The molecule has 0 fully saturated rings. The average molecular weight is 297 g/mol. The summed E-state index contributed by atoms with van der Waals surface area (Å²) in [5.41, 5.74) is 0.801. The number of benzene rings is 2. The molecule has 0 amide bonds. The Morgan fingerprint density at radius 2 is 1.77 bits per heavy atom. The quantitative estimate of drug-likeness (QED) is 0.750. The van der Waals surface area contributed by atoms with Gasteiger partial charge in [0.1, 0.15) is 11.9 Å². The molecule has 0 aliphatic rings. The van der Waals surface area contributed by atoms with Crippen LogP contribution in [0.3, 0.4) is 0 Å². The molecule has 3 aromatic rings. The number of aromatic nitrogens is 3. The molecule has 0 bridgehead atoms. The highest BCUT2D eigenvalue weighted by atomic mass is 19.1. The van der Waals surface area contributed by atoms with Gasteiger partial charge in [0.2, 0.25) is 0 Å². The van der Waals surface area contributed by atoms with Crippen molar-refractivity contribution in [2.24, 2.45) is 0 Å². The molecule has 0 aliphatic carbocycles. The van der Waals surface area contributed by atoms with Crippen LogP contribution in [0.15, 0.2) is 60.9 Å². The molecule has 1 heterocycles. The summed E-state index contributed by atoms with van der Waals surface area (Å²) in [6.07, 6.45) is 1.51. The zero-order valence-corrected chi connectivity index (χ0v) is 11.4. The van der Waals surface area contributed by atoms with Gasteiger partial charge in [-0.15, -0.1) is 0 Å². The molecule has 0 saturated heterocycles. The van der Waals surface area contributed by atoms with Crippen molar-refractivity contribution in [3.63, 3.8) is 0 Å². The van der Waals surface area contributed by atoms with Gasteiger partial charge in [0.05, 0.1) is 18.1 Å². The van der Waals surface area contributed by atoms with E-state index in [2.05, 4.69) is 10.2 Å². The largest absolute Gasteiger partial charge is 0.380 e. The predicted molar refractivity (Wildman–Crippen MR) is 77.0 cm³/mol. The normalized spacial score (nSPS) is 12.1. The fourth-order valence-corrected chi connectivity index (χ4v) is 2.15. The third kappa shape index (κ3) is 2.64. The van der Waals surface area contributed by atoms with E-state index in [-0.39, 0.29) is 11.3 Å². The van der Waals surface area contributed by atoms with Crippen LogP contribution in [-0.2, 0) is 0 Å². The highest BCUT2D eigenvalue weighted by Crippen LogP contribution is 2.23. The van der Waals surface area contributed by atoms with Gasteiger partial charge in [0.15, 0.2) is 5.78 Å². The van der Waals surface area contributed by atoms with Crippen molar-refractivity contribution in [3.8, 4) is 5.69 Å². The number of rotatable bonds is 4. The van der Waals surface area contributed by atoms with E-state index >= 15 is 0 Å². The molecule has 1 atom stereocenters. The summed E-state index contributed by atoms with van der Waals surface area (Å²) in [6, 6.07) is 12.2. The van der Waals surface area contributed by atoms with E-state index < -0.39 is 17.7 Å². The Kier molecular flexibility index (Phi) is 3.76. The highest BCUT2D eigenvalue weighted by molar-refractivity contribution is 6.02. The number of carbonyl (C=O) groups excluding carboxylic acids is 1. The fourth-order valence-electron chi connectivity index (χ4n) is 2.15. The maximum Gasteiger partial charge on any atom is 0.198 e. The zero-order valence-electron chi connectivity index (χ0n) is 11.4. The predicted octanol–water partition coefficient (Wildman–Crippen LogP) is 2.32. The van der Waals surface area contributed by atoms with Gasteiger partial charge in [-0.25, -0.2) is 4.39 Å². The monoisotopic (exact) mass is 297 g/mol. The standard InChI is InChI=1S/C16H12FN3O2/c17-12-6-7-13(14(10-12)20-18-8-9-19-20)16(22)15(21)11-4-2-1-3-5-11/h1-10,15,21H. The molecule has 5 nitrogen and oxygen atoms in total. The minimum atomic E-state index is -1.33. The number of halogens is 1. The third-order valence-corrected chi connectivity index (χ3v) is 3.22. The fraction of sp³-hybridized carbons (Fsp3) is 0.0625. The summed E-state index contributed by atoms with van der Waals surface area (Å²) in [5.74, 6) is -1.06. The van der Waals surface area contributed by atoms with Crippen LogP contribution in [0.4, 0.5) is 4.39 Å². The number of hydrogen-bond acceptors (Lipinski definition) is 4. The van der Waals surface area contributed by atoms with Crippen LogP contribution < -0.4 is 0 Å². The van der Waals surface area contributed by atoms with E-state index in [0.29, 0.717) is 5.56 Å². The Bertz CT molecular complexity index is 788. The molecule has 6 heteroatoms. The van der Waals surface area contributed by atoms with Crippen LogP contribution in [0.2, 0.25) is 0 Å². The SMILES string of the molecule is O=C(c1ccc(F)cc1-n1nccn1)C(O)c1ccccc1. The van der Waals surface area contributed by atoms with Crippen LogP contribution in [0.25, 0.3) is 5.69 Å². The molecule has 0 aliphatic heterocycles. The van der Waals surface area contributed by atoms with Gasteiger partial charge in [-0.1, -0.05) is 30.3 Å². The van der Waals surface area contributed by atoms with Gasteiger partial charge in [-0.3, -0.25) is 4.79 Å². The van der Waals surface area contributed by atoms with Gasteiger partial charge < -0.3 is 5.11 Å². The van der Waals surface area contributed by atoms with Gasteiger partial charge in [-0.05, 0) is 17.7 Å². The number of hydrogen-bond donors (Lipinski definition) is 1. The molecular formula is C16H12FN3O2. The van der Waals surface area contributed by atoms with E-state index in [0.717, 1.165) is 16.9 Å². The molecule has 22 heavy (non-hydrogen) atoms.